The number of rotatable bonds is 6. The van der Waals surface area contributed by atoms with Gasteiger partial charge in [-0.3, -0.25) is 10.1 Å². The van der Waals surface area contributed by atoms with Crippen LogP contribution in [0.3, 0.4) is 0 Å². The number of alkyl halides is 3. The fourth-order valence-corrected chi connectivity index (χ4v) is 4.04. The topological polar surface area (TPSA) is 91.8 Å². The van der Waals surface area contributed by atoms with Crippen molar-refractivity contribution >= 4 is 39.7 Å². The normalized spacial score (nSPS) is 11.3. The van der Waals surface area contributed by atoms with Gasteiger partial charge in [0.15, 0.2) is 5.13 Å². The minimum absolute atomic E-state index is 0.0410. The smallest absolute Gasteiger partial charge is 0.373 e. The minimum atomic E-state index is -4.83. The number of nitrogens with zero attached hydrogens (tertiary/aromatic N) is 3. The lowest BCUT2D eigenvalue weighted by molar-refractivity contribution is -0.139. The van der Waals surface area contributed by atoms with Gasteiger partial charge in [-0.2, -0.15) is 13.2 Å². The second-order valence-corrected chi connectivity index (χ2v) is 8.49. The number of thiazole rings is 1. The van der Waals surface area contributed by atoms with Gasteiger partial charge >= 0.3 is 6.18 Å². The molecule has 0 atom stereocenters. The molecule has 7 nitrogen and oxygen atoms in total. The fourth-order valence-electron chi connectivity index (χ4n) is 3.22. The molecule has 0 fully saturated rings. The first kappa shape index (κ1) is 24.1. The largest absolute Gasteiger partial charge is 0.419 e. The summed E-state index contributed by atoms with van der Waals surface area (Å²) in [6.07, 6.45) is -3.42. The molecule has 0 bridgehead atoms. The number of carbonyl (C=O) groups is 1. The van der Waals surface area contributed by atoms with Crippen LogP contribution >= 0.6 is 11.3 Å². The predicted molar refractivity (Wildman–Crippen MR) is 127 cm³/mol. The van der Waals surface area contributed by atoms with Gasteiger partial charge in [-0.25, -0.2) is 19.3 Å². The summed E-state index contributed by atoms with van der Waals surface area (Å²) in [5.41, 5.74) is -0.593. The Labute approximate surface area is 201 Å². The SMILES string of the molecule is CNc1cc(Nc2ccc(C(=O)Nc3nc(-c4cccc(C(F)(F)F)c4F)c(C)s3)cc2)ncn1. The molecular formula is C23H18F4N6OS. The Balaban J connectivity index is 1.49. The summed E-state index contributed by atoms with van der Waals surface area (Å²) in [4.78, 5) is 25.4. The highest BCUT2D eigenvalue weighted by atomic mass is 32.1. The van der Waals surface area contributed by atoms with Gasteiger partial charge in [0.2, 0.25) is 0 Å². The van der Waals surface area contributed by atoms with Gasteiger partial charge in [0.25, 0.3) is 5.91 Å². The van der Waals surface area contributed by atoms with E-state index in [1.54, 1.807) is 44.3 Å². The molecule has 0 aliphatic heterocycles. The summed E-state index contributed by atoms with van der Waals surface area (Å²) in [5, 5.41) is 8.76. The van der Waals surface area contributed by atoms with E-state index in [1.165, 1.54) is 12.4 Å². The molecule has 1 amide bonds. The maximum absolute atomic E-state index is 14.5. The van der Waals surface area contributed by atoms with E-state index in [2.05, 4.69) is 30.9 Å². The van der Waals surface area contributed by atoms with E-state index in [4.69, 9.17) is 0 Å². The van der Waals surface area contributed by atoms with Crippen LogP contribution in [0.15, 0.2) is 54.9 Å². The van der Waals surface area contributed by atoms with Gasteiger partial charge in [0.05, 0.1) is 11.3 Å². The van der Waals surface area contributed by atoms with Crippen LogP contribution in [0.5, 0.6) is 0 Å². The number of anilines is 4. The van der Waals surface area contributed by atoms with Gasteiger partial charge in [-0.15, -0.1) is 11.3 Å². The first-order valence-corrected chi connectivity index (χ1v) is 11.0. The monoisotopic (exact) mass is 502 g/mol. The molecule has 4 rings (SSSR count). The van der Waals surface area contributed by atoms with Crippen LogP contribution in [0.2, 0.25) is 0 Å². The molecule has 2 aromatic carbocycles. The molecule has 0 spiro atoms. The number of hydrogen-bond acceptors (Lipinski definition) is 7. The Morgan fingerprint density at radius 1 is 1.03 bits per heavy atom. The first-order valence-electron chi connectivity index (χ1n) is 10.2. The number of aromatic nitrogens is 3. The number of hydrogen-bond donors (Lipinski definition) is 3. The third kappa shape index (κ3) is 5.38. The van der Waals surface area contributed by atoms with Crippen molar-refractivity contribution in [1.82, 2.24) is 15.0 Å². The highest BCUT2D eigenvalue weighted by Gasteiger charge is 2.35. The lowest BCUT2D eigenvalue weighted by atomic mass is 10.1. The molecule has 0 aliphatic carbocycles. The number of nitrogens with one attached hydrogen (secondary N) is 3. The van der Waals surface area contributed by atoms with E-state index < -0.39 is 23.5 Å². The quantitative estimate of drug-likeness (QED) is 0.276. The summed E-state index contributed by atoms with van der Waals surface area (Å²) >= 11 is 1.04. The van der Waals surface area contributed by atoms with Crippen molar-refractivity contribution in [3.63, 3.8) is 0 Å². The number of benzene rings is 2. The molecule has 180 valence electrons. The van der Waals surface area contributed by atoms with Gasteiger partial charge in [0, 0.05) is 34.8 Å². The van der Waals surface area contributed by atoms with Gasteiger partial charge < -0.3 is 10.6 Å². The Morgan fingerprint density at radius 2 is 1.74 bits per heavy atom. The zero-order valence-electron chi connectivity index (χ0n) is 18.4. The van der Waals surface area contributed by atoms with Crippen LogP contribution in [-0.4, -0.2) is 27.9 Å². The van der Waals surface area contributed by atoms with Crippen molar-refractivity contribution in [2.75, 3.05) is 23.0 Å². The molecule has 2 heterocycles. The lowest BCUT2D eigenvalue weighted by Gasteiger charge is -2.10. The number of carbonyl (C=O) groups excluding carboxylic acids is 1. The minimum Gasteiger partial charge on any atom is -0.373 e. The summed E-state index contributed by atoms with van der Waals surface area (Å²) in [7, 11) is 1.74. The van der Waals surface area contributed by atoms with Crippen molar-refractivity contribution in [3.05, 3.63) is 76.7 Å². The molecule has 0 unspecified atom stereocenters. The zero-order valence-corrected chi connectivity index (χ0v) is 19.2. The van der Waals surface area contributed by atoms with Crippen molar-refractivity contribution in [2.24, 2.45) is 0 Å². The van der Waals surface area contributed by atoms with Crippen LogP contribution in [0.25, 0.3) is 11.3 Å². The molecule has 3 N–H and O–H groups in total. The molecule has 0 radical (unpaired) electrons. The third-order valence-corrected chi connectivity index (χ3v) is 5.81. The van der Waals surface area contributed by atoms with Crippen molar-refractivity contribution < 1.29 is 22.4 Å². The van der Waals surface area contributed by atoms with E-state index in [0.717, 1.165) is 17.4 Å². The second kappa shape index (κ2) is 9.66. The van der Waals surface area contributed by atoms with Crippen molar-refractivity contribution in [1.29, 1.82) is 0 Å². The standard InChI is InChI=1S/C23H18F4N6OS/c1-12-20(15-4-3-5-16(19(15)24)23(25,26)27)32-22(35-12)33-21(34)13-6-8-14(9-7-13)31-18-10-17(28-2)29-11-30-18/h3-11H,1-2H3,(H,32,33,34)(H2,28,29,30,31). The van der Waals surface area contributed by atoms with E-state index in [-0.39, 0.29) is 16.4 Å². The Bertz CT molecular complexity index is 1370. The maximum Gasteiger partial charge on any atom is 0.419 e. The average molecular weight is 502 g/mol. The first-order chi connectivity index (χ1) is 16.7. The highest BCUT2D eigenvalue weighted by molar-refractivity contribution is 7.16. The van der Waals surface area contributed by atoms with E-state index in [9.17, 15) is 22.4 Å². The number of halogens is 4. The van der Waals surface area contributed by atoms with Crippen LogP contribution in [0.4, 0.5) is 40.0 Å². The third-order valence-electron chi connectivity index (χ3n) is 4.92. The average Bonchev–Trinajstić information content (AvgIpc) is 3.18. The van der Waals surface area contributed by atoms with Crippen LogP contribution < -0.4 is 16.0 Å². The maximum atomic E-state index is 14.5. The van der Waals surface area contributed by atoms with Crippen LogP contribution in [-0.2, 0) is 6.18 Å². The summed E-state index contributed by atoms with van der Waals surface area (Å²) in [6.45, 7) is 1.59. The molecular weight excluding hydrogens is 484 g/mol. The molecule has 4 aromatic rings. The molecule has 35 heavy (non-hydrogen) atoms. The lowest BCUT2D eigenvalue weighted by Crippen LogP contribution is -2.11. The summed E-state index contributed by atoms with van der Waals surface area (Å²) < 4.78 is 53.7. The highest BCUT2D eigenvalue weighted by Crippen LogP contribution is 2.38. The molecule has 0 saturated carbocycles. The van der Waals surface area contributed by atoms with Crippen molar-refractivity contribution in [2.45, 2.75) is 13.1 Å². The van der Waals surface area contributed by atoms with E-state index in [1.807, 2.05) is 0 Å². The molecule has 0 saturated heterocycles. The summed E-state index contributed by atoms with van der Waals surface area (Å²) in [6, 6.07) is 11.3. The van der Waals surface area contributed by atoms with E-state index >= 15 is 0 Å². The van der Waals surface area contributed by atoms with Crippen LogP contribution in [0, 0.1) is 12.7 Å². The van der Waals surface area contributed by atoms with Gasteiger partial charge in [0.1, 0.15) is 23.8 Å². The predicted octanol–water partition coefficient (Wildman–Crippen LogP) is 6.10. The number of amides is 1. The summed E-state index contributed by atoms with van der Waals surface area (Å²) in [5.74, 6) is -0.670. The molecule has 12 heteroatoms. The van der Waals surface area contributed by atoms with Crippen molar-refractivity contribution in [3.8, 4) is 11.3 Å². The Kier molecular flexibility index (Phi) is 6.65. The molecule has 2 aromatic heterocycles. The Morgan fingerprint density at radius 3 is 2.43 bits per heavy atom. The molecule has 0 aliphatic rings. The van der Waals surface area contributed by atoms with Gasteiger partial charge in [-0.05, 0) is 43.3 Å². The fraction of sp³-hybridized carbons (Fsp3) is 0.130. The Hall–Kier alpha value is -4.06. The zero-order chi connectivity index (χ0) is 25.2. The van der Waals surface area contributed by atoms with Gasteiger partial charge in [-0.1, -0.05) is 6.07 Å². The number of aryl methyl sites for hydroxylation is 1. The van der Waals surface area contributed by atoms with Crippen LogP contribution in [0.1, 0.15) is 20.8 Å². The van der Waals surface area contributed by atoms with E-state index in [0.29, 0.717) is 33.8 Å². The second-order valence-electron chi connectivity index (χ2n) is 7.28.